The zero-order valence-electron chi connectivity index (χ0n) is 13.3. The average Bonchev–Trinajstić information content (AvgIpc) is 2.99. The predicted molar refractivity (Wildman–Crippen MR) is 93.0 cm³/mol. The van der Waals surface area contributed by atoms with E-state index in [0.717, 1.165) is 16.9 Å². The number of rotatable bonds is 5. The molecule has 0 amide bonds. The Morgan fingerprint density at radius 1 is 1.04 bits per heavy atom. The minimum absolute atomic E-state index is 0.161. The maximum atomic E-state index is 12.5. The first-order valence-electron chi connectivity index (χ1n) is 7.31. The fourth-order valence-corrected chi connectivity index (χ4v) is 3.29. The van der Waals surface area contributed by atoms with E-state index in [-0.39, 0.29) is 4.90 Å². The minimum atomic E-state index is -3.69. The summed E-state index contributed by atoms with van der Waals surface area (Å²) in [5.41, 5.74) is 2.43. The highest BCUT2D eigenvalue weighted by Crippen LogP contribution is 2.21. The summed E-state index contributed by atoms with van der Waals surface area (Å²) in [5, 5.41) is 3.03. The lowest BCUT2D eigenvalue weighted by Gasteiger charge is -2.10. The Kier molecular flexibility index (Phi) is 4.26. The molecule has 24 heavy (non-hydrogen) atoms. The monoisotopic (exact) mass is 343 g/mol. The van der Waals surface area contributed by atoms with Crippen LogP contribution in [0.25, 0.3) is 0 Å². The number of nitrogens with zero attached hydrogens (tertiary/aromatic N) is 1. The summed E-state index contributed by atoms with van der Waals surface area (Å²) in [6, 6.07) is 13.5. The summed E-state index contributed by atoms with van der Waals surface area (Å²) in [7, 11) is -3.69. The molecule has 1 aromatic carbocycles. The zero-order valence-corrected chi connectivity index (χ0v) is 14.1. The van der Waals surface area contributed by atoms with Gasteiger partial charge in [0.2, 0.25) is 0 Å². The molecule has 6 nitrogen and oxygen atoms in total. The quantitative estimate of drug-likeness (QED) is 0.735. The second-order valence-corrected chi connectivity index (χ2v) is 7.09. The van der Waals surface area contributed by atoms with Crippen molar-refractivity contribution in [2.45, 2.75) is 18.7 Å². The lowest BCUT2D eigenvalue weighted by atomic mass is 10.2. The Morgan fingerprint density at radius 3 is 2.42 bits per heavy atom. The lowest BCUT2D eigenvalue weighted by Crippen LogP contribution is -2.14. The molecular weight excluding hydrogens is 326 g/mol. The Balaban J connectivity index is 1.79. The number of aromatic nitrogens is 1. The number of aryl methyl sites for hydroxylation is 2. The van der Waals surface area contributed by atoms with Crippen LogP contribution in [0.2, 0.25) is 0 Å². The second-order valence-electron chi connectivity index (χ2n) is 5.40. The number of nitrogens with one attached hydrogen (secondary N) is 2. The van der Waals surface area contributed by atoms with Crippen molar-refractivity contribution in [2.24, 2.45) is 0 Å². The number of anilines is 3. The van der Waals surface area contributed by atoms with Crippen LogP contribution in [0.4, 0.5) is 17.4 Å². The highest BCUT2D eigenvalue weighted by molar-refractivity contribution is 7.92. The van der Waals surface area contributed by atoms with Gasteiger partial charge in [0.25, 0.3) is 10.0 Å². The molecule has 2 heterocycles. The highest BCUT2D eigenvalue weighted by atomic mass is 32.2. The third-order valence-electron chi connectivity index (χ3n) is 3.29. The largest absolute Gasteiger partial charge is 0.449 e. The average molecular weight is 343 g/mol. The Hall–Kier alpha value is -2.80. The van der Waals surface area contributed by atoms with Gasteiger partial charge in [-0.15, -0.1) is 0 Å². The van der Waals surface area contributed by atoms with E-state index in [1.807, 2.05) is 19.9 Å². The first-order chi connectivity index (χ1) is 11.4. The summed E-state index contributed by atoms with van der Waals surface area (Å²) < 4.78 is 32.6. The van der Waals surface area contributed by atoms with E-state index in [0.29, 0.717) is 11.7 Å². The van der Waals surface area contributed by atoms with E-state index in [9.17, 15) is 8.42 Å². The van der Waals surface area contributed by atoms with Gasteiger partial charge < -0.3 is 9.73 Å². The van der Waals surface area contributed by atoms with Crippen molar-refractivity contribution in [3.05, 3.63) is 66.1 Å². The van der Waals surface area contributed by atoms with Gasteiger partial charge in [-0.2, -0.15) is 0 Å². The van der Waals surface area contributed by atoms with Crippen LogP contribution >= 0.6 is 0 Å². The van der Waals surface area contributed by atoms with Crippen LogP contribution in [-0.2, 0) is 10.0 Å². The van der Waals surface area contributed by atoms with Crippen LogP contribution in [0, 0.1) is 13.8 Å². The lowest BCUT2D eigenvalue weighted by molar-refractivity contribution is 0.585. The number of pyridine rings is 1. The fraction of sp³-hybridized carbons (Fsp3) is 0.118. The van der Waals surface area contributed by atoms with E-state index in [4.69, 9.17) is 4.42 Å². The van der Waals surface area contributed by atoms with Gasteiger partial charge in [-0.05, 0) is 61.9 Å². The van der Waals surface area contributed by atoms with Gasteiger partial charge in [-0.3, -0.25) is 4.72 Å². The third kappa shape index (κ3) is 3.75. The van der Waals surface area contributed by atoms with E-state index in [1.165, 1.54) is 12.1 Å². The number of sulfonamides is 1. The van der Waals surface area contributed by atoms with Crippen LogP contribution in [-0.4, -0.2) is 13.4 Å². The van der Waals surface area contributed by atoms with Crippen LogP contribution in [0.3, 0.4) is 0 Å². The van der Waals surface area contributed by atoms with Gasteiger partial charge >= 0.3 is 0 Å². The number of furan rings is 1. The molecule has 0 saturated heterocycles. The molecular formula is C17H17N3O3S. The van der Waals surface area contributed by atoms with Gasteiger partial charge in [0.1, 0.15) is 5.82 Å². The van der Waals surface area contributed by atoms with Crippen molar-refractivity contribution in [3.63, 3.8) is 0 Å². The van der Waals surface area contributed by atoms with Crippen LogP contribution in [0.5, 0.6) is 0 Å². The van der Waals surface area contributed by atoms with Gasteiger partial charge in [-0.1, -0.05) is 0 Å². The third-order valence-corrected chi connectivity index (χ3v) is 4.66. The predicted octanol–water partition coefficient (Wildman–Crippen LogP) is 3.84. The Labute approximate surface area is 140 Å². The van der Waals surface area contributed by atoms with E-state index in [1.54, 1.807) is 36.6 Å². The van der Waals surface area contributed by atoms with E-state index in [2.05, 4.69) is 15.0 Å². The first-order valence-corrected chi connectivity index (χ1v) is 8.79. The summed E-state index contributed by atoms with van der Waals surface area (Å²) in [4.78, 5) is 4.36. The molecule has 0 radical (unpaired) electrons. The van der Waals surface area contributed by atoms with E-state index < -0.39 is 10.0 Å². The van der Waals surface area contributed by atoms with Crippen molar-refractivity contribution in [1.29, 1.82) is 0 Å². The zero-order chi connectivity index (χ0) is 17.2. The van der Waals surface area contributed by atoms with Crippen molar-refractivity contribution in [3.8, 4) is 0 Å². The molecule has 0 atom stereocenters. The van der Waals surface area contributed by atoms with E-state index >= 15 is 0 Å². The molecule has 2 N–H and O–H groups in total. The maximum absolute atomic E-state index is 12.5. The molecule has 7 heteroatoms. The Bertz CT molecular complexity index is 913. The molecule has 0 fully saturated rings. The molecule has 0 bridgehead atoms. The summed E-state index contributed by atoms with van der Waals surface area (Å²) in [6.07, 6.45) is 1.56. The Morgan fingerprint density at radius 2 is 1.79 bits per heavy atom. The maximum Gasteiger partial charge on any atom is 0.263 e. The smallest absolute Gasteiger partial charge is 0.263 e. The molecule has 0 aliphatic rings. The number of benzene rings is 1. The topological polar surface area (TPSA) is 84.2 Å². The van der Waals surface area contributed by atoms with Crippen LogP contribution < -0.4 is 10.0 Å². The fourth-order valence-electron chi connectivity index (χ4n) is 2.30. The molecule has 0 aliphatic carbocycles. The van der Waals surface area contributed by atoms with Crippen molar-refractivity contribution >= 4 is 27.4 Å². The molecule has 0 saturated carbocycles. The van der Waals surface area contributed by atoms with Crippen LogP contribution in [0.15, 0.2) is 64.1 Å². The highest BCUT2D eigenvalue weighted by Gasteiger charge is 2.15. The summed E-state index contributed by atoms with van der Waals surface area (Å²) in [6.45, 7) is 3.71. The molecule has 0 aliphatic heterocycles. The molecule has 0 spiro atoms. The minimum Gasteiger partial charge on any atom is -0.449 e. The normalized spacial score (nSPS) is 11.2. The summed E-state index contributed by atoms with van der Waals surface area (Å²) in [5.74, 6) is 0.897. The SMILES string of the molecule is Cc1cc(C)nc(NS(=O)(=O)c2ccc(Nc3ccco3)cc2)c1. The molecule has 124 valence electrons. The molecule has 2 aromatic heterocycles. The van der Waals surface area contributed by atoms with Crippen LogP contribution in [0.1, 0.15) is 11.3 Å². The summed E-state index contributed by atoms with van der Waals surface area (Å²) >= 11 is 0. The number of hydrogen-bond donors (Lipinski definition) is 2. The molecule has 3 rings (SSSR count). The van der Waals surface area contributed by atoms with Crippen molar-refractivity contribution in [1.82, 2.24) is 4.98 Å². The van der Waals surface area contributed by atoms with Crippen molar-refractivity contribution < 1.29 is 12.8 Å². The van der Waals surface area contributed by atoms with Gasteiger partial charge in [0.05, 0.1) is 11.2 Å². The second kappa shape index (κ2) is 6.37. The molecule has 3 aromatic rings. The van der Waals surface area contributed by atoms with Gasteiger partial charge in [0, 0.05) is 17.4 Å². The van der Waals surface area contributed by atoms with Gasteiger partial charge in [-0.25, -0.2) is 13.4 Å². The van der Waals surface area contributed by atoms with Gasteiger partial charge in [0.15, 0.2) is 5.88 Å². The first kappa shape index (κ1) is 16.1. The number of hydrogen-bond acceptors (Lipinski definition) is 5. The standard InChI is InChI=1S/C17H17N3O3S/c1-12-10-13(2)18-16(11-12)20-24(21,22)15-7-5-14(6-8-15)19-17-4-3-9-23-17/h3-11,19H,1-2H3,(H,18,20). The van der Waals surface area contributed by atoms with Crippen molar-refractivity contribution in [2.75, 3.05) is 10.0 Å². The molecule has 0 unspecified atom stereocenters.